The molecular formula is C23H24N2O4S. The topological polar surface area (TPSA) is 89.7 Å². The SMILES string of the molecule is CC(c1ccc(S(N)(=O)=O)cc1)N(C)C(=O)c1ccc(OCc2ccccc2)cc1. The molecule has 0 saturated heterocycles. The fourth-order valence-corrected chi connectivity index (χ4v) is 3.49. The van der Waals surface area contributed by atoms with Crippen molar-refractivity contribution in [1.29, 1.82) is 0 Å². The van der Waals surface area contributed by atoms with E-state index in [0.29, 0.717) is 17.9 Å². The number of rotatable bonds is 7. The van der Waals surface area contributed by atoms with Gasteiger partial charge >= 0.3 is 0 Å². The summed E-state index contributed by atoms with van der Waals surface area (Å²) in [5.74, 6) is 0.539. The Labute approximate surface area is 177 Å². The summed E-state index contributed by atoms with van der Waals surface area (Å²) >= 11 is 0. The van der Waals surface area contributed by atoms with Gasteiger partial charge in [-0.3, -0.25) is 4.79 Å². The molecule has 0 radical (unpaired) electrons. The van der Waals surface area contributed by atoms with Crippen molar-refractivity contribution in [2.45, 2.75) is 24.5 Å². The quantitative estimate of drug-likeness (QED) is 0.626. The maximum Gasteiger partial charge on any atom is 0.254 e. The molecule has 3 aromatic carbocycles. The summed E-state index contributed by atoms with van der Waals surface area (Å²) in [6.45, 7) is 2.33. The molecule has 0 bridgehead atoms. The van der Waals surface area contributed by atoms with Crippen LogP contribution in [0.2, 0.25) is 0 Å². The van der Waals surface area contributed by atoms with Crippen molar-refractivity contribution < 1.29 is 17.9 Å². The van der Waals surface area contributed by atoms with E-state index in [-0.39, 0.29) is 16.8 Å². The fourth-order valence-electron chi connectivity index (χ4n) is 2.97. The van der Waals surface area contributed by atoms with Gasteiger partial charge in [0.2, 0.25) is 10.0 Å². The number of hydrogen-bond acceptors (Lipinski definition) is 4. The predicted octanol–water partition coefficient (Wildman–Crippen LogP) is 3.75. The van der Waals surface area contributed by atoms with E-state index >= 15 is 0 Å². The first-order chi connectivity index (χ1) is 14.3. The van der Waals surface area contributed by atoms with Crippen molar-refractivity contribution in [3.05, 3.63) is 95.6 Å². The number of amides is 1. The van der Waals surface area contributed by atoms with E-state index in [2.05, 4.69) is 0 Å². The minimum atomic E-state index is -3.74. The Morgan fingerprint density at radius 2 is 1.57 bits per heavy atom. The Bertz CT molecular complexity index is 1100. The van der Waals surface area contributed by atoms with Crippen LogP contribution < -0.4 is 9.88 Å². The van der Waals surface area contributed by atoms with Crippen LogP contribution in [0.4, 0.5) is 0 Å². The second-order valence-electron chi connectivity index (χ2n) is 7.00. The van der Waals surface area contributed by atoms with Crippen LogP contribution in [0.5, 0.6) is 5.75 Å². The molecular weight excluding hydrogens is 400 g/mol. The molecule has 0 aromatic heterocycles. The lowest BCUT2D eigenvalue weighted by atomic mass is 10.1. The van der Waals surface area contributed by atoms with Crippen LogP contribution in [-0.4, -0.2) is 26.3 Å². The summed E-state index contributed by atoms with van der Waals surface area (Å²) in [6, 6.07) is 22.8. The normalized spacial score (nSPS) is 12.2. The first-order valence-corrected chi connectivity index (χ1v) is 11.0. The maximum atomic E-state index is 12.8. The predicted molar refractivity (Wildman–Crippen MR) is 116 cm³/mol. The fraction of sp³-hybridized carbons (Fsp3) is 0.174. The highest BCUT2D eigenvalue weighted by atomic mass is 32.2. The Morgan fingerprint density at radius 3 is 2.13 bits per heavy atom. The van der Waals surface area contributed by atoms with Gasteiger partial charge in [0.1, 0.15) is 12.4 Å². The summed E-state index contributed by atoms with van der Waals surface area (Å²) in [4.78, 5) is 14.5. The van der Waals surface area contributed by atoms with Crippen LogP contribution in [0.25, 0.3) is 0 Å². The van der Waals surface area contributed by atoms with E-state index in [1.54, 1.807) is 48.3 Å². The third kappa shape index (κ3) is 5.25. The number of sulfonamides is 1. The number of nitrogens with two attached hydrogens (primary N) is 1. The van der Waals surface area contributed by atoms with Gasteiger partial charge in [0, 0.05) is 12.6 Å². The zero-order valence-corrected chi connectivity index (χ0v) is 17.7. The number of hydrogen-bond donors (Lipinski definition) is 1. The van der Waals surface area contributed by atoms with Gasteiger partial charge in [-0.15, -0.1) is 0 Å². The number of ether oxygens (including phenoxy) is 1. The van der Waals surface area contributed by atoms with Crippen molar-refractivity contribution >= 4 is 15.9 Å². The van der Waals surface area contributed by atoms with Crippen LogP contribution in [0.1, 0.15) is 34.5 Å². The van der Waals surface area contributed by atoms with Gasteiger partial charge in [-0.1, -0.05) is 42.5 Å². The van der Waals surface area contributed by atoms with Crippen molar-refractivity contribution in [2.75, 3.05) is 7.05 Å². The number of benzene rings is 3. The highest BCUT2D eigenvalue weighted by Gasteiger charge is 2.19. The molecule has 0 aliphatic rings. The molecule has 0 fully saturated rings. The number of primary sulfonamides is 1. The lowest BCUT2D eigenvalue weighted by Crippen LogP contribution is -2.29. The van der Waals surface area contributed by atoms with Gasteiger partial charge in [0.25, 0.3) is 5.91 Å². The highest BCUT2D eigenvalue weighted by Crippen LogP contribution is 2.23. The number of carbonyl (C=O) groups excluding carboxylic acids is 1. The first-order valence-electron chi connectivity index (χ1n) is 9.42. The Morgan fingerprint density at radius 1 is 0.967 bits per heavy atom. The molecule has 30 heavy (non-hydrogen) atoms. The van der Waals surface area contributed by atoms with E-state index < -0.39 is 10.0 Å². The monoisotopic (exact) mass is 424 g/mol. The summed E-state index contributed by atoms with van der Waals surface area (Å²) in [7, 11) is -2.04. The average Bonchev–Trinajstić information content (AvgIpc) is 2.77. The zero-order valence-electron chi connectivity index (χ0n) is 16.9. The van der Waals surface area contributed by atoms with E-state index in [1.165, 1.54) is 12.1 Å². The molecule has 0 spiro atoms. The molecule has 0 aliphatic carbocycles. The lowest BCUT2D eigenvalue weighted by molar-refractivity contribution is 0.0742. The average molecular weight is 425 g/mol. The standard InChI is InChI=1S/C23H24N2O4S/c1-17(19-10-14-22(15-11-19)30(24,27)28)25(2)23(26)20-8-12-21(13-9-20)29-16-18-6-4-3-5-7-18/h3-15,17H,16H2,1-2H3,(H2,24,27,28). The maximum absolute atomic E-state index is 12.8. The third-order valence-corrected chi connectivity index (χ3v) is 5.87. The molecule has 0 heterocycles. The number of nitrogens with zero attached hydrogens (tertiary/aromatic N) is 1. The molecule has 0 aliphatic heterocycles. The summed E-state index contributed by atoms with van der Waals surface area (Å²) in [5, 5.41) is 5.13. The minimum absolute atomic E-state index is 0.0403. The molecule has 1 unspecified atom stereocenters. The van der Waals surface area contributed by atoms with Crippen molar-refractivity contribution in [3.8, 4) is 5.75 Å². The van der Waals surface area contributed by atoms with Gasteiger partial charge in [-0.05, 0) is 54.4 Å². The summed E-state index contributed by atoms with van der Waals surface area (Å²) < 4.78 is 28.6. The molecule has 7 heteroatoms. The molecule has 3 rings (SSSR count). The van der Waals surface area contributed by atoms with Crippen molar-refractivity contribution in [1.82, 2.24) is 4.90 Å². The zero-order chi connectivity index (χ0) is 21.7. The smallest absolute Gasteiger partial charge is 0.254 e. The van der Waals surface area contributed by atoms with Gasteiger partial charge < -0.3 is 9.64 Å². The second-order valence-corrected chi connectivity index (χ2v) is 8.57. The van der Waals surface area contributed by atoms with Crippen molar-refractivity contribution in [3.63, 3.8) is 0 Å². The van der Waals surface area contributed by atoms with Crippen LogP contribution in [-0.2, 0) is 16.6 Å². The highest BCUT2D eigenvalue weighted by molar-refractivity contribution is 7.89. The van der Waals surface area contributed by atoms with Crippen LogP contribution in [0.3, 0.4) is 0 Å². The van der Waals surface area contributed by atoms with Gasteiger partial charge in [0.05, 0.1) is 10.9 Å². The summed E-state index contributed by atoms with van der Waals surface area (Å²) in [6.07, 6.45) is 0. The van der Waals surface area contributed by atoms with E-state index in [4.69, 9.17) is 9.88 Å². The van der Waals surface area contributed by atoms with Crippen LogP contribution in [0, 0.1) is 0 Å². The van der Waals surface area contributed by atoms with Crippen LogP contribution in [0.15, 0.2) is 83.8 Å². The number of carbonyl (C=O) groups is 1. The molecule has 6 nitrogen and oxygen atoms in total. The second kappa shape index (κ2) is 9.11. The van der Waals surface area contributed by atoms with Gasteiger partial charge in [-0.2, -0.15) is 0 Å². The van der Waals surface area contributed by atoms with E-state index in [1.807, 2.05) is 37.3 Å². The summed E-state index contributed by atoms with van der Waals surface area (Å²) in [5.41, 5.74) is 2.42. The Kier molecular flexibility index (Phi) is 6.54. The van der Waals surface area contributed by atoms with Gasteiger partial charge in [0.15, 0.2) is 0 Å². The lowest BCUT2D eigenvalue weighted by Gasteiger charge is -2.25. The first kappa shape index (κ1) is 21.5. The Balaban J connectivity index is 1.65. The third-order valence-electron chi connectivity index (χ3n) is 4.94. The van der Waals surface area contributed by atoms with E-state index in [0.717, 1.165) is 11.1 Å². The largest absolute Gasteiger partial charge is 0.489 e. The minimum Gasteiger partial charge on any atom is -0.489 e. The molecule has 1 amide bonds. The van der Waals surface area contributed by atoms with E-state index in [9.17, 15) is 13.2 Å². The molecule has 2 N–H and O–H groups in total. The van der Waals surface area contributed by atoms with Crippen LogP contribution >= 0.6 is 0 Å². The molecule has 156 valence electrons. The molecule has 3 aromatic rings. The van der Waals surface area contributed by atoms with Gasteiger partial charge in [-0.25, -0.2) is 13.6 Å². The van der Waals surface area contributed by atoms with Crippen molar-refractivity contribution in [2.24, 2.45) is 5.14 Å². The molecule has 0 saturated carbocycles. The molecule has 1 atom stereocenters. The Hall–Kier alpha value is -3.16.